The Morgan fingerprint density at radius 2 is 1.41 bits per heavy atom. The first kappa shape index (κ1) is 32.8. The molecular weight excluding hydrogens is 554 g/mol. The van der Waals surface area contributed by atoms with Gasteiger partial charge >= 0.3 is 6.01 Å². The maximum Gasteiger partial charge on any atom is 0.316 e. The first-order valence-corrected chi connectivity index (χ1v) is 16.9. The fourth-order valence-electron chi connectivity index (χ4n) is 6.54. The summed E-state index contributed by atoms with van der Waals surface area (Å²) in [6.07, 6.45) is 18.3. The van der Waals surface area contributed by atoms with Crippen molar-refractivity contribution >= 4 is 10.8 Å². The van der Waals surface area contributed by atoms with Gasteiger partial charge in [0.25, 0.3) is 0 Å². The summed E-state index contributed by atoms with van der Waals surface area (Å²) in [7, 11) is 0. The molecule has 1 aromatic heterocycles. The van der Waals surface area contributed by atoms with Gasteiger partial charge in [-0.05, 0) is 66.6 Å². The van der Waals surface area contributed by atoms with E-state index in [2.05, 4.69) is 57.7 Å². The van der Waals surface area contributed by atoms with Crippen molar-refractivity contribution in [2.75, 3.05) is 39.5 Å². The smallest absolute Gasteiger partial charge is 0.316 e. The van der Waals surface area contributed by atoms with Crippen LogP contribution >= 0.6 is 0 Å². The monoisotopic (exact) mass is 605 g/mol. The van der Waals surface area contributed by atoms with Crippen molar-refractivity contribution in [3.63, 3.8) is 0 Å². The normalized spacial score (nSPS) is 21.5. The highest BCUT2D eigenvalue weighted by atomic mass is 16.5. The second-order valence-corrected chi connectivity index (χ2v) is 12.3. The minimum Gasteiger partial charge on any atom is -0.461 e. The fraction of sp³-hybridized carbons (Fsp3) is 0.611. The predicted octanol–water partition coefficient (Wildman–Crippen LogP) is 6.35. The molecule has 2 unspecified atom stereocenters. The third kappa shape index (κ3) is 10.5. The zero-order valence-electron chi connectivity index (χ0n) is 26.2. The second kappa shape index (κ2) is 18.4. The molecule has 3 aromatic rings. The molecule has 0 bridgehead atoms. The largest absolute Gasteiger partial charge is 0.461 e. The van der Waals surface area contributed by atoms with Crippen molar-refractivity contribution < 1.29 is 24.1 Å². The van der Waals surface area contributed by atoms with Gasteiger partial charge in [0, 0.05) is 24.9 Å². The van der Waals surface area contributed by atoms with Gasteiger partial charge in [0.15, 0.2) is 0 Å². The lowest BCUT2D eigenvalue weighted by Gasteiger charge is -2.32. The maximum absolute atomic E-state index is 8.47. The van der Waals surface area contributed by atoms with Crippen LogP contribution < -0.4 is 10.1 Å². The lowest BCUT2D eigenvalue weighted by Crippen LogP contribution is -2.41. The number of rotatable bonds is 12. The fourth-order valence-corrected chi connectivity index (χ4v) is 6.54. The van der Waals surface area contributed by atoms with Crippen molar-refractivity contribution in [1.82, 2.24) is 15.3 Å². The molecule has 2 atom stereocenters. The summed E-state index contributed by atoms with van der Waals surface area (Å²) in [5.41, 5.74) is 2.30. The minimum atomic E-state index is 0.0829. The Labute approximate surface area is 262 Å². The van der Waals surface area contributed by atoms with E-state index in [-0.39, 0.29) is 18.6 Å². The van der Waals surface area contributed by atoms with Gasteiger partial charge in [0.1, 0.15) is 6.61 Å². The quantitative estimate of drug-likeness (QED) is 0.231. The Kier molecular flexibility index (Phi) is 13.7. The Bertz CT molecular complexity index is 1210. The molecular formula is C36H51N3O5. The highest BCUT2D eigenvalue weighted by Crippen LogP contribution is 2.28. The number of hydrogen-bond donors (Lipinski definition) is 2. The number of aliphatic hydroxyl groups excluding tert-OH is 1. The van der Waals surface area contributed by atoms with Crippen molar-refractivity contribution in [2.45, 2.75) is 101 Å². The molecule has 2 saturated carbocycles. The van der Waals surface area contributed by atoms with E-state index in [1.165, 1.54) is 80.5 Å². The van der Waals surface area contributed by atoms with Gasteiger partial charge in [-0.15, -0.1) is 0 Å². The van der Waals surface area contributed by atoms with Crippen LogP contribution in [-0.2, 0) is 20.8 Å². The first-order chi connectivity index (χ1) is 21.8. The number of ether oxygens (including phenoxy) is 4. The van der Waals surface area contributed by atoms with Gasteiger partial charge in [0.2, 0.25) is 0 Å². The maximum atomic E-state index is 8.47. The molecule has 0 radical (unpaired) electrons. The molecule has 0 spiro atoms. The topological polar surface area (TPSA) is 95.0 Å². The summed E-state index contributed by atoms with van der Waals surface area (Å²) < 4.78 is 23.4. The van der Waals surface area contributed by atoms with E-state index in [1.54, 1.807) is 0 Å². The zero-order valence-corrected chi connectivity index (χ0v) is 26.2. The van der Waals surface area contributed by atoms with E-state index in [4.69, 9.17) is 24.1 Å². The Hall–Kier alpha value is -2.62. The van der Waals surface area contributed by atoms with Crippen LogP contribution in [0.1, 0.15) is 87.7 Å². The standard InChI is InChI=1S/C28H35N3O3.C8H16O2/c1-2-8-25(9-3-1)32-14-15-33-28-30-17-24(18-31-28)26-12-13-29-19-27(26)34-20-21-10-11-22-6-4-5-7-23(22)16-21;9-6-7-10-8-4-2-1-3-5-8/h4-7,10-11,16-18,25-27,29H,1-3,8-9,12-15,19-20H2;8-9H,1-7H2. The molecule has 8 heteroatoms. The van der Waals surface area contributed by atoms with Crippen LogP contribution in [0.3, 0.4) is 0 Å². The van der Waals surface area contributed by atoms with E-state index < -0.39 is 0 Å². The second-order valence-electron chi connectivity index (χ2n) is 12.3. The van der Waals surface area contributed by atoms with Gasteiger partial charge in [-0.25, -0.2) is 9.97 Å². The average molecular weight is 606 g/mol. The highest BCUT2D eigenvalue weighted by Gasteiger charge is 2.28. The third-order valence-corrected chi connectivity index (χ3v) is 9.00. The highest BCUT2D eigenvalue weighted by molar-refractivity contribution is 5.82. The number of fused-ring (bicyclic) bond motifs is 1. The summed E-state index contributed by atoms with van der Waals surface area (Å²) in [6.45, 7) is 4.15. The SMILES string of the molecule is OCCOC1CCCCC1.c1ccc2cc(COC3CNCCC3c3cnc(OCCOC4CCCCC4)nc3)ccc2c1. The zero-order chi connectivity index (χ0) is 30.2. The van der Waals surface area contributed by atoms with Crippen LogP contribution in [0.25, 0.3) is 10.8 Å². The number of aromatic nitrogens is 2. The summed E-state index contributed by atoms with van der Waals surface area (Å²) >= 11 is 0. The summed E-state index contributed by atoms with van der Waals surface area (Å²) in [5.74, 6) is 0.269. The molecule has 2 heterocycles. The van der Waals surface area contributed by atoms with E-state index >= 15 is 0 Å². The molecule has 2 aliphatic carbocycles. The van der Waals surface area contributed by atoms with Crippen LogP contribution in [-0.4, -0.2) is 72.9 Å². The predicted molar refractivity (Wildman–Crippen MR) is 173 cm³/mol. The van der Waals surface area contributed by atoms with E-state index in [1.807, 2.05) is 12.4 Å². The van der Waals surface area contributed by atoms with Crippen LogP contribution in [0.5, 0.6) is 6.01 Å². The van der Waals surface area contributed by atoms with E-state index in [0.29, 0.717) is 44.6 Å². The third-order valence-electron chi connectivity index (χ3n) is 9.00. The lowest BCUT2D eigenvalue weighted by atomic mass is 9.89. The number of piperidine rings is 1. The van der Waals surface area contributed by atoms with Gasteiger partial charge in [-0.3, -0.25) is 0 Å². The van der Waals surface area contributed by atoms with Crippen molar-refractivity contribution in [3.8, 4) is 6.01 Å². The van der Waals surface area contributed by atoms with Gasteiger partial charge < -0.3 is 29.4 Å². The first-order valence-electron chi connectivity index (χ1n) is 16.9. The van der Waals surface area contributed by atoms with Crippen molar-refractivity contribution in [3.05, 3.63) is 66.0 Å². The lowest BCUT2D eigenvalue weighted by molar-refractivity contribution is 0.00882. The van der Waals surface area contributed by atoms with Crippen molar-refractivity contribution in [2.24, 2.45) is 0 Å². The number of nitrogens with one attached hydrogen (secondary N) is 1. The molecule has 3 aliphatic rings. The molecule has 44 heavy (non-hydrogen) atoms. The Balaban J connectivity index is 0.000000328. The van der Waals surface area contributed by atoms with Gasteiger partial charge in [-0.1, -0.05) is 74.9 Å². The molecule has 2 N–H and O–H groups in total. The summed E-state index contributed by atoms with van der Waals surface area (Å²) in [4.78, 5) is 8.92. The van der Waals surface area contributed by atoms with E-state index in [9.17, 15) is 0 Å². The average Bonchev–Trinajstić information content (AvgIpc) is 3.10. The molecule has 0 amide bonds. The molecule has 1 aliphatic heterocycles. The number of nitrogens with zero attached hydrogens (tertiary/aromatic N) is 2. The van der Waals surface area contributed by atoms with Crippen LogP contribution in [0.2, 0.25) is 0 Å². The van der Waals surface area contributed by atoms with Gasteiger partial charge in [-0.2, -0.15) is 0 Å². The van der Waals surface area contributed by atoms with Crippen LogP contribution in [0.15, 0.2) is 54.9 Å². The molecule has 6 rings (SSSR count). The summed E-state index contributed by atoms with van der Waals surface area (Å²) in [5, 5.41) is 14.4. The number of benzene rings is 2. The Morgan fingerprint density at radius 1 is 0.727 bits per heavy atom. The number of aliphatic hydroxyl groups is 1. The molecule has 2 aromatic carbocycles. The van der Waals surface area contributed by atoms with Crippen LogP contribution in [0.4, 0.5) is 0 Å². The Morgan fingerprint density at radius 3 is 2.11 bits per heavy atom. The molecule has 8 nitrogen and oxygen atoms in total. The van der Waals surface area contributed by atoms with E-state index in [0.717, 1.165) is 25.1 Å². The summed E-state index contributed by atoms with van der Waals surface area (Å²) in [6, 6.07) is 15.4. The van der Waals surface area contributed by atoms with Crippen LogP contribution in [0, 0.1) is 0 Å². The molecule has 240 valence electrons. The van der Waals surface area contributed by atoms with Gasteiger partial charge in [0.05, 0.1) is 44.7 Å². The molecule has 3 fully saturated rings. The van der Waals surface area contributed by atoms with Crippen molar-refractivity contribution in [1.29, 1.82) is 0 Å². The number of hydrogen-bond acceptors (Lipinski definition) is 8. The minimum absolute atomic E-state index is 0.0829. The molecule has 1 saturated heterocycles.